The summed E-state index contributed by atoms with van der Waals surface area (Å²) in [4.78, 5) is 6.78. The maximum Gasteiger partial charge on any atom is 0.194 e. The van der Waals surface area contributed by atoms with Crippen LogP contribution in [-0.2, 0) is 0 Å². The number of anilines is 1. The van der Waals surface area contributed by atoms with E-state index in [0.29, 0.717) is 12.1 Å². The van der Waals surface area contributed by atoms with Gasteiger partial charge in [0.2, 0.25) is 0 Å². The number of nitrogens with zero attached hydrogens (tertiary/aromatic N) is 4. The predicted molar refractivity (Wildman–Crippen MR) is 69.5 cm³/mol. The van der Waals surface area contributed by atoms with E-state index in [4.69, 9.17) is 0 Å². The van der Waals surface area contributed by atoms with Gasteiger partial charge in [0.15, 0.2) is 10.8 Å². The summed E-state index contributed by atoms with van der Waals surface area (Å²) in [5.41, 5.74) is 0.754. The first-order valence-electron chi connectivity index (χ1n) is 5.76. The summed E-state index contributed by atoms with van der Waals surface area (Å²) in [7, 11) is 4.13. The average molecular weight is 249 g/mol. The molecule has 6 heteroatoms. The molecule has 1 fully saturated rings. The molecule has 0 radical (unpaired) electrons. The van der Waals surface area contributed by atoms with Gasteiger partial charge in [0.1, 0.15) is 0 Å². The van der Waals surface area contributed by atoms with E-state index in [2.05, 4.69) is 32.4 Å². The molecule has 0 spiro atoms. The van der Waals surface area contributed by atoms with Crippen LogP contribution >= 0.6 is 11.3 Å². The maximum absolute atomic E-state index is 4.52. The highest BCUT2D eigenvalue weighted by molar-refractivity contribution is 7.22. The minimum Gasteiger partial charge on any atom is -0.348 e. The SMILES string of the molecule is CNC1CC(N(C)c2nc3nnccc3s2)C1. The van der Waals surface area contributed by atoms with E-state index < -0.39 is 0 Å². The van der Waals surface area contributed by atoms with Gasteiger partial charge in [-0.05, 0) is 26.0 Å². The first-order valence-corrected chi connectivity index (χ1v) is 6.58. The molecule has 1 saturated carbocycles. The van der Waals surface area contributed by atoms with Crippen molar-refractivity contribution in [3.8, 4) is 0 Å². The normalized spacial score (nSPS) is 23.6. The summed E-state index contributed by atoms with van der Waals surface area (Å²) < 4.78 is 1.10. The van der Waals surface area contributed by atoms with Crippen molar-refractivity contribution < 1.29 is 0 Å². The standard InChI is InChI=1S/C11H15N5S/c1-12-7-5-8(6-7)16(2)11-14-10-9(17-11)3-4-13-15-10/h3-4,7-8,12H,5-6H2,1-2H3. The van der Waals surface area contributed by atoms with Crippen molar-refractivity contribution in [3.05, 3.63) is 12.3 Å². The number of aromatic nitrogens is 3. The van der Waals surface area contributed by atoms with Crippen molar-refractivity contribution in [2.75, 3.05) is 19.0 Å². The minimum atomic E-state index is 0.598. The molecule has 0 aliphatic heterocycles. The van der Waals surface area contributed by atoms with E-state index in [1.807, 2.05) is 13.1 Å². The second-order valence-electron chi connectivity index (χ2n) is 4.44. The molecule has 2 aromatic rings. The fourth-order valence-electron chi connectivity index (χ4n) is 2.13. The van der Waals surface area contributed by atoms with Gasteiger partial charge in [-0.1, -0.05) is 11.3 Å². The molecule has 17 heavy (non-hydrogen) atoms. The lowest BCUT2D eigenvalue weighted by Gasteiger charge is -2.40. The Morgan fingerprint density at radius 2 is 2.29 bits per heavy atom. The number of fused-ring (bicyclic) bond motifs is 1. The van der Waals surface area contributed by atoms with Crippen LogP contribution in [0.3, 0.4) is 0 Å². The van der Waals surface area contributed by atoms with Crippen LogP contribution in [-0.4, -0.2) is 41.4 Å². The van der Waals surface area contributed by atoms with Crippen LogP contribution in [0.4, 0.5) is 5.13 Å². The smallest absolute Gasteiger partial charge is 0.194 e. The summed E-state index contributed by atoms with van der Waals surface area (Å²) >= 11 is 1.68. The van der Waals surface area contributed by atoms with E-state index in [-0.39, 0.29) is 0 Å². The topological polar surface area (TPSA) is 53.9 Å². The first-order chi connectivity index (χ1) is 8.28. The Balaban J connectivity index is 1.79. The fourth-order valence-corrected chi connectivity index (χ4v) is 3.06. The highest BCUT2D eigenvalue weighted by Gasteiger charge is 2.32. The number of thiazole rings is 1. The second-order valence-corrected chi connectivity index (χ2v) is 5.45. The largest absolute Gasteiger partial charge is 0.348 e. The van der Waals surface area contributed by atoms with Crippen LogP contribution in [0, 0.1) is 0 Å². The van der Waals surface area contributed by atoms with Gasteiger partial charge in [-0.25, -0.2) is 0 Å². The monoisotopic (exact) mass is 249 g/mol. The molecule has 0 saturated heterocycles. The lowest BCUT2D eigenvalue weighted by atomic mass is 9.86. The van der Waals surface area contributed by atoms with E-state index >= 15 is 0 Å². The molecule has 0 aromatic carbocycles. The molecule has 90 valence electrons. The van der Waals surface area contributed by atoms with E-state index in [1.165, 1.54) is 12.8 Å². The summed E-state index contributed by atoms with van der Waals surface area (Å²) in [6.45, 7) is 0. The van der Waals surface area contributed by atoms with Gasteiger partial charge in [-0.15, -0.1) is 5.10 Å². The van der Waals surface area contributed by atoms with Crippen LogP contribution in [0.15, 0.2) is 12.3 Å². The Hall–Kier alpha value is -1.27. The van der Waals surface area contributed by atoms with Gasteiger partial charge in [0, 0.05) is 19.1 Å². The highest BCUT2D eigenvalue weighted by Crippen LogP contribution is 2.32. The Bertz CT molecular complexity index is 486. The molecule has 0 amide bonds. The Labute approximate surface area is 104 Å². The van der Waals surface area contributed by atoms with E-state index in [1.54, 1.807) is 17.5 Å². The van der Waals surface area contributed by atoms with E-state index in [9.17, 15) is 0 Å². The third-order valence-corrected chi connectivity index (χ3v) is 4.54. The Kier molecular flexibility index (Phi) is 2.68. The van der Waals surface area contributed by atoms with Crippen molar-refractivity contribution in [2.24, 2.45) is 0 Å². The van der Waals surface area contributed by atoms with Gasteiger partial charge in [-0.3, -0.25) is 0 Å². The Morgan fingerprint density at radius 1 is 1.47 bits per heavy atom. The average Bonchev–Trinajstić information content (AvgIpc) is 2.71. The summed E-state index contributed by atoms with van der Waals surface area (Å²) in [6.07, 6.45) is 4.09. The van der Waals surface area contributed by atoms with Crippen molar-refractivity contribution >= 4 is 26.8 Å². The lowest BCUT2D eigenvalue weighted by molar-refractivity contribution is 0.299. The molecule has 5 nitrogen and oxygen atoms in total. The van der Waals surface area contributed by atoms with Crippen LogP contribution in [0.1, 0.15) is 12.8 Å². The molecule has 1 aliphatic carbocycles. The zero-order valence-corrected chi connectivity index (χ0v) is 10.7. The third-order valence-electron chi connectivity index (χ3n) is 3.44. The summed E-state index contributed by atoms with van der Waals surface area (Å²) in [5.74, 6) is 0. The highest BCUT2D eigenvalue weighted by atomic mass is 32.1. The van der Waals surface area contributed by atoms with Gasteiger partial charge < -0.3 is 10.2 Å². The quantitative estimate of drug-likeness (QED) is 0.888. The number of hydrogen-bond donors (Lipinski definition) is 1. The minimum absolute atomic E-state index is 0.598. The number of rotatable bonds is 3. The molecule has 1 N–H and O–H groups in total. The molecular weight excluding hydrogens is 234 g/mol. The number of hydrogen-bond acceptors (Lipinski definition) is 6. The third kappa shape index (κ3) is 1.87. The molecule has 0 atom stereocenters. The summed E-state index contributed by atoms with van der Waals surface area (Å²) in [5, 5.41) is 12.2. The zero-order chi connectivity index (χ0) is 11.8. The fraction of sp³-hybridized carbons (Fsp3) is 0.545. The zero-order valence-electron chi connectivity index (χ0n) is 9.92. The number of nitrogens with one attached hydrogen (secondary N) is 1. The predicted octanol–water partition coefficient (Wildman–Crippen LogP) is 1.27. The van der Waals surface area contributed by atoms with E-state index in [0.717, 1.165) is 15.5 Å². The van der Waals surface area contributed by atoms with Gasteiger partial charge in [0.05, 0.1) is 10.9 Å². The van der Waals surface area contributed by atoms with Crippen molar-refractivity contribution in [3.63, 3.8) is 0 Å². The lowest BCUT2D eigenvalue weighted by Crippen LogP contribution is -2.50. The second kappa shape index (κ2) is 4.19. The van der Waals surface area contributed by atoms with Crippen LogP contribution < -0.4 is 10.2 Å². The Morgan fingerprint density at radius 3 is 3.00 bits per heavy atom. The maximum atomic E-state index is 4.52. The first kappa shape index (κ1) is 10.9. The van der Waals surface area contributed by atoms with Crippen molar-refractivity contribution in [2.45, 2.75) is 24.9 Å². The molecule has 2 aromatic heterocycles. The molecule has 0 bridgehead atoms. The van der Waals surface area contributed by atoms with Gasteiger partial charge in [0.25, 0.3) is 0 Å². The molecule has 1 aliphatic rings. The molecule has 2 heterocycles. The van der Waals surface area contributed by atoms with Crippen LogP contribution in [0.2, 0.25) is 0 Å². The van der Waals surface area contributed by atoms with Crippen LogP contribution in [0.25, 0.3) is 10.3 Å². The molecule has 0 unspecified atom stereocenters. The van der Waals surface area contributed by atoms with Crippen molar-refractivity contribution in [1.82, 2.24) is 20.5 Å². The molecule has 3 rings (SSSR count). The van der Waals surface area contributed by atoms with Crippen LogP contribution in [0.5, 0.6) is 0 Å². The summed E-state index contributed by atoms with van der Waals surface area (Å²) in [6, 6.07) is 3.23. The van der Waals surface area contributed by atoms with Gasteiger partial charge >= 0.3 is 0 Å². The van der Waals surface area contributed by atoms with Gasteiger partial charge in [-0.2, -0.15) is 10.1 Å². The molecular formula is C11H15N5S. The van der Waals surface area contributed by atoms with Crippen molar-refractivity contribution in [1.29, 1.82) is 0 Å².